The summed E-state index contributed by atoms with van der Waals surface area (Å²) < 4.78 is 34.2. The number of ether oxygens (including phenoxy) is 1. The molecule has 0 fully saturated rings. The molecule has 2 heterocycles. The second-order valence-corrected chi connectivity index (χ2v) is 11.5. The van der Waals surface area contributed by atoms with Gasteiger partial charge in [0.15, 0.2) is 5.16 Å². The Balaban J connectivity index is 1.36. The van der Waals surface area contributed by atoms with Crippen molar-refractivity contribution in [2.24, 2.45) is 0 Å². The lowest BCUT2D eigenvalue weighted by molar-refractivity contribution is -0.113. The highest BCUT2D eigenvalue weighted by Crippen LogP contribution is 2.42. The molecule has 4 aromatic rings. The number of benzene rings is 3. The van der Waals surface area contributed by atoms with E-state index in [-0.39, 0.29) is 23.1 Å². The van der Waals surface area contributed by atoms with Crippen LogP contribution in [0.2, 0.25) is 0 Å². The summed E-state index contributed by atoms with van der Waals surface area (Å²) in [6.07, 6.45) is 1.34. The summed E-state index contributed by atoms with van der Waals surface area (Å²) in [5.74, 6) is 0.577. The number of nitrogens with zero attached hydrogens (tertiary/aromatic N) is 3. The number of sulfonamides is 1. The number of hydrogen-bond acceptors (Lipinski definition) is 7. The number of hydrogen-bond donors (Lipinski definition) is 1. The second-order valence-electron chi connectivity index (χ2n) is 8.68. The average molecular weight is 547 g/mol. The minimum Gasteiger partial charge on any atom is -0.494 e. The van der Waals surface area contributed by atoms with Crippen LogP contribution in [0.15, 0.2) is 89.0 Å². The van der Waals surface area contributed by atoms with Crippen LogP contribution in [-0.2, 0) is 21.4 Å². The molecule has 194 valence electrons. The van der Waals surface area contributed by atoms with E-state index in [1.165, 1.54) is 10.5 Å². The molecule has 5 rings (SSSR count). The molecular formula is C28H26N4O4S2. The first-order valence-electron chi connectivity index (χ1n) is 12.1. The van der Waals surface area contributed by atoms with E-state index in [1.807, 2.05) is 56.3 Å². The topological polar surface area (TPSA) is 101 Å². The van der Waals surface area contributed by atoms with Crippen molar-refractivity contribution in [3.63, 3.8) is 0 Å². The van der Waals surface area contributed by atoms with E-state index in [0.717, 1.165) is 28.6 Å². The summed E-state index contributed by atoms with van der Waals surface area (Å²) in [6, 6.07) is 22.2. The van der Waals surface area contributed by atoms with Crippen LogP contribution in [0, 0.1) is 6.92 Å². The molecule has 0 saturated heterocycles. The van der Waals surface area contributed by atoms with Gasteiger partial charge >= 0.3 is 0 Å². The molecular weight excluding hydrogens is 520 g/mol. The van der Waals surface area contributed by atoms with Gasteiger partial charge in [-0.3, -0.25) is 9.10 Å². The van der Waals surface area contributed by atoms with Gasteiger partial charge in [-0.1, -0.05) is 59.8 Å². The lowest BCUT2D eigenvalue weighted by atomic mass is 10.1. The van der Waals surface area contributed by atoms with Crippen molar-refractivity contribution >= 4 is 39.1 Å². The zero-order valence-electron chi connectivity index (χ0n) is 20.9. The van der Waals surface area contributed by atoms with Crippen LogP contribution < -0.4 is 14.4 Å². The predicted octanol–water partition coefficient (Wildman–Crippen LogP) is 5.29. The predicted molar refractivity (Wildman–Crippen MR) is 149 cm³/mol. The zero-order valence-corrected chi connectivity index (χ0v) is 22.6. The Bertz CT molecular complexity index is 1590. The third kappa shape index (κ3) is 5.36. The molecule has 10 heteroatoms. The lowest BCUT2D eigenvalue weighted by Gasteiger charge is -2.31. The van der Waals surface area contributed by atoms with Gasteiger partial charge in [-0.15, -0.1) is 0 Å². The largest absolute Gasteiger partial charge is 0.494 e. The maximum atomic E-state index is 13.7. The molecule has 0 radical (unpaired) electrons. The highest BCUT2D eigenvalue weighted by atomic mass is 32.2. The van der Waals surface area contributed by atoms with Gasteiger partial charge in [0.2, 0.25) is 5.91 Å². The molecule has 0 unspecified atom stereocenters. The average Bonchev–Trinajstić information content (AvgIpc) is 2.91. The Hall–Kier alpha value is -3.89. The monoisotopic (exact) mass is 546 g/mol. The number of thioether (sulfide) groups is 1. The summed E-state index contributed by atoms with van der Waals surface area (Å²) in [5.41, 5.74) is 4.20. The molecule has 1 amide bonds. The van der Waals surface area contributed by atoms with Crippen LogP contribution in [0.4, 0.5) is 11.4 Å². The van der Waals surface area contributed by atoms with Crippen molar-refractivity contribution in [2.45, 2.75) is 30.4 Å². The Labute approximate surface area is 226 Å². The standard InChI is InChI=1S/C28H26N4O4S2/c1-3-36-22-13-11-21(12-14-22)30-26(33)18-37-28-29-16-25-27(31-28)23-9-4-5-10-24(23)32(38(25,34)35)17-20-8-6-7-19(2)15-20/h4-16H,3,17-18H2,1-2H3,(H,30,33). The Morgan fingerprint density at radius 3 is 2.61 bits per heavy atom. The molecule has 8 nitrogen and oxygen atoms in total. The number of anilines is 2. The van der Waals surface area contributed by atoms with Crippen LogP contribution >= 0.6 is 11.8 Å². The van der Waals surface area contributed by atoms with E-state index >= 15 is 0 Å². The van der Waals surface area contributed by atoms with Gasteiger partial charge in [0.25, 0.3) is 10.0 Å². The van der Waals surface area contributed by atoms with Crippen molar-refractivity contribution < 1.29 is 17.9 Å². The van der Waals surface area contributed by atoms with Crippen LogP contribution in [0.25, 0.3) is 11.3 Å². The second kappa shape index (κ2) is 10.8. The van der Waals surface area contributed by atoms with Crippen molar-refractivity contribution in [2.75, 3.05) is 22.0 Å². The number of rotatable bonds is 8. The lowest BCUT2D eigenvalue weighted by Crippen LogP contribution is -2.34. The van der Waals surface area contributed by atoms with Gasteiger partial charge in [-0.2, -0.15) is 0 Å². The summed E-state index contributed by atoms with van der Waals surface area (Å²) in [4.78, 5) is 21.4. The summed E-state index contributed by atoms with van der Waals surface area (Å²) in [7, 11) is -3.89. The Kier molecular flexibility index (Phi) is 7.35. The van der Waals surface area contributed by atoms with E-state index in [2.05, 4.69) is 15.3 Å². The Morgan fingerprint density at radius 1 is 1.05 bits per heavy atom. The summed E-state index contributed by atoms with van der Waals surface area (Å²) >= 11 is 1.14. The number of para-hydroxylation sites is 1. The third-order valence-electron chi connectivity index (χ3n) is 5.92. The van der Waals surface area contributed by atoms with Crippen LogP contribution in [-0.4, -0.2) is 36.7 Å². The number of amides is 1. The number of carbonyl (C=O) groups is 1. The molecule has 0 bridgehead atoms. The van der Waals surface area contributed by atoms with Crippen molar-refractivity contribution in [3.8, 4) is 17.0 Å². The van der Waals surface area contributed by atoms with E-state index < -0.39 is 10.0 Å². The molecule has 0 aliphatic carbocycles. The smallest absolute Gasteiger partial charge is 0.268 e. The fourth-order valence-electron chi connectivity index (χ4n) is 4.22. The van der Waals surface area contributed by atoms with E-state index in [4.69, 9.17) is 4.74 Å². The third-order valence-corrected chi connectivity index (χ3v) is 8.54. The van der Waals surface area contributed by atoms with Crippen LogP contribution in [0.5, 0.6) is 5.75 Å². The van der Waals surface area contributed by atoms with Gasteiger partial charge in [0.05, 0.1) is 36.5 Å². The van der Waals surface area contributed by atoms with E-state index in [0.29, 0.717) is 34.4 Å². The minimum atomic E-state index is -3.89. The van der Waals surface area contributed by atoms with Crippen molar-refractivity contribution in [1.82, 2.24) is 9.97 Å². The van der Waals surface area contributed by atoms with Crippen molar-refractivity contribution in [3.05, 3.63) is 90.1 Å². The molecule has 1 aliphatic rings. The number of fused-ring (bicyclic) bond motifs is 3. The van der Waals surface area contributed by atoms with Gasteiger partial charge in [-0.25, -0.2) is 18.4 Å². The number of aryl methyl sites for hydroxylation is 1. The summed E-state index contributed by atoms with van der Waals surface area (Å²) in [5, 5.41) is 3.15. The molecule has 1 aliphatic heterocycles. The minimum absolute atomic E-state index is 0.0482. The maximum Gasteiger partial charge on any atom is 0.268 e. The highest BCUT2D eigenvalue weighted by Gasteiger charge is 2.36. The fourth-order valence-corrected chi connectivity index (χ4v) is 6.40. The van der Waals surface area contributed by atoms with Crippen LogP contribution in [0.1, 0.15) is 18.1 Å². The number of nitrogens with one attached hydrogen (secondary N) is 1. The number of aromatic nitrogens is 2. The first-order valence-corrected chi connectivity index (χ1v) is 14.5. The fraction of sp³-hybridized carbons (Fsp3) is 0.179. The molecule has 1 aromatic heterocycles. The maximum absolute atomic E-state index is 13.7. The van der Waals surface area contributed by atoms with Gasteiger partial charge in [0.1, 0.15) is 10.6 Å². The SMILES string of the molecule is CCOc1ccc(NC(=O)CSc2ncc3c(n2)-c2ccccc2N(Cc2cccc(C)c2)S3(=O)=O)cc1. The van der Waals surface area contributed by atoms with E-state index in [1.54, 1.807) is 30.3 Å². The molecule has 3 aromatic carbocycles. The summed E-state index contributed by atoms with van der Waals surface area (Å²) in [6.45, 7) is 4.65. The van der Waals surface area contributed by atoms with Gasteiger partial charge in [-0.05, 0) is 49.7 Å². The van der Waals surface area contributed by atoms with Gasteiger partial charge < -0.3 is 10.1 Å². The highest BCUT2D eigenvalue weighted by molar-refractivity contribution is 7.99. The van der Waals surface area contributed by atoms with Crippen LogP contribution in [0.3, 0.4) is 0 Å². The molecule has 0 saturated carbocycles. The van der Waals surface area contributed by atoms with E-state index in [9.17, 15) is 13.2 Å². The molecule has 0 atom stereocenters. The first-order chi connectivity index (χ1) is 18.3. The normalized spacial score (nSPS) is 13.4. The zero-order chi connectivity index (χ0) is 26.7. The molecule has 1 N–H and O–H groups in total. The Morgan fingerprint density at radius 2 is 1.84 bits per heavy atom. The number of carbonyl (C=O) groups excluding carboxylic acids is 1. The first kappa shape index (κ1) is 25.7. The molecule has 38 heavy (non-hydrogen) atoms. The molecule has 0 spiro atoms. The quantitative estimate of drug-likeness (QED) is 0.237. The van der Waals surface area contributed by atoms with Gasteiger partial charge in [0, 0.05) is 11.3 Å². The van der Waals surface area contributed by atoms with Crippen molar-refractivity contribution in [1.29, 1.82) is 0 Å².